The molecule has 17 heavy (non-hydrogen) atoms. The van der Waals surface area contributed by atoms with Crippen LogP contribution < -0.4 is 10.1 Å². The standard InChI is InChI=1S/C13H17NO3/c1-2-3-7-14-8-9-17-12-6-4-5-11(10-12)13(15)16/h2,4-6,10,14H,1,3,7-9H2,(H,15,16). The van der Waals surface area contributed by atoms with Gasteiger partial charge in [-0.15, -0.1) is 6.58 Å². The summed E-state index contributed by atoms with van der Waals surface area (Å²) in [6.07, 6.45) is 2.78. The number of carboxylic acid groups (broad SMARTS) is 1. The van der Waals surface area contributed by atoms with E-state index in [-0.39, 0.29) is 5.56 Å². The molecular formula is C13H17NO3. The van der Waals surface area contributed by atoms with E-state index in [9.17, 15) is 4.79 Å². The maximum Gasteiger partial charge on any atom is 0.335 e. The molecule has 0 aliphatic rings. The summed E-state index contributed by atoms with van der Waals surface area (Å²) in [6, 6.07) is 6.48. The van der Waals surface area contributed by atoms with Crippen molar-refractivity contribution in [3.63, 3.8) is 0 Å². The summed E-state index contributed by atoms with van der Waals surface area (Å²) in [5.41, 5.74) is 0.238. The predicted octanol–water partition coefficient (Wildman–Crippen LogP) is 1.93. The van der Waals surface area contributed by atoms with Crippen molar-refractivity contribution in [2.45, 2.75) is 6.42 Å². The zero-order valence-electron chi connectivity index (χ0n) is 9.69. The molecule has 1 aromatic rings. The molecule has 0 aromatic heterocycles. The Balaban J connectivity index is 2.29. The van der Waals surface area contributed by atoms with E-state index in [4.69, 9.17) is 9.84 Å². The highest BCUT2D eigenvalue weighted by Crippen LogP contribution is 2.12. The Morgan fingerprint density at radius 3 is 3.00 bits per heavy atom. The van der Waals surface area contributed by atoms with E-state index in [1.165, 1.54) is 12.1 Å². The van der Waals surface area contributed by atoms with Gasteiger partial charge in [0.05, 0.1) is 5.56 Å². The Morgan fingerprint density at radius 2 is 2.29 bits per heavy atom. The zero-order chi connectivity index (χ0) is 12.5. The SMILES string of the molecule is C=CCCNCCOc1cccc(C(=O)O)c1. The number of nitrogens with one attached hydrogen (secondary N) is 1. The molecule has 2 N–H and O–H groups in total. The van der Waals surface area contributed by atoms with E-state index in [1.807, 2.05) is 6.08 Å². The highest BCUT2D eigenvalue weighted by Gasteiger charge is 2.03. The van der Waals surface area contributed by atoms with Crippen LogP contribution in [0.1, 0.15) is 16.8 Å². The summed E-state index contributed by atoms with van der Waals surface area (Å²) in [5, 5.41) is 12.0. The van der Waals surface area contributed by atoms with Gasteiger partial charge >= 0.3 is 5.97 Å². The molecule has 0 atom stereocenters. The average Bonchev–Trinajstić information content (AvgIpc) is 2.34. The summed E-state index contributed by atoms with van der Waals surface area (Å²) in [5.74, 6) is -0.366. The van der Waals surface area contributed by atoms with Crippen LogP contribution in [0.2, 0.25) is 0 Å². The van der Waals surface area contributed by atoms with E-state index in [2.05, 4.69) is 11.9 Å². The van der Waals surface area contributed by atoms with Gasteiger partial charge in [-0.1, -0.05) is 12.1 Å². The average molecular weight is 235 g/mol. The number of ether oxygens (including phenoxy) is 1. The highest BCUT2D eigenvalue weighted by molar-refractivity contribution is 5.87. The minimum atomic E-state index is -0.945. The van der Waals surface area contributed by atoms with Crippen LogP contribution in [0.4, 0.5) is 0 Å². The molecule has 0 unspecified atom stereocenters. The molecule has 0 saturated heterocycles. The zero-order valence-corrected chi connectivity index (χ0v) is 9.69. The fourth-order valence-electron chi connectivity index (χ4n) is 1.29. The molecule has 0 spiro atoms. The van der Waals surface area contributed by atoms with E-state index in [1.54, 1.807) is 12.1 Å². The lowest BCUT2D eigenvalue weighted by molar-refractivity contribution is 0.0696. The number of benzene rings is 1. The normalized spacial score (nSPS) is 9.88. The Kier molecular flexibility index (Phi) is 5.82. The molecule has 4 nitrogen and oxygen atoms in total. The predicted molar refractivity (Wildman–Crippen MR) is 66.6 cm³/mol. The summed E-state index contributed by atoms with van der Waals surface area (Å²) >= 11 is 0. The lowest BCUT2D eigenvalue weighted by Gasteiger charge is -2.07. The monoisotopic (exact) mass is 235 g/mol. The summed E-state index contributed by atoms with van der Waals surface area (Å²) in [4.78, 5) is 10.7. The van der Waals surface area contributed by atoms with Gasteiger partial charge in [0.1, 0.15) is 12.4 Å². The van der Waals surface area contributed by atoms with Crippen LogP contribution in [-0.2, 0) is 0 Å². The van der Waals surface area contributed by atoms with E-state index in [0.29, 0.717) is 12.4 Å². The second-order valence-corrected chi connectivity index (χ2v) is 3.51. The third-order valence-corrected chi connectivity index (χ3v) is 2.15. The largest absolute Gasteiger partial charge is 0.492 e. The molecule has 92 valence electrons. The molecular weight excluding hydrogens is 218 g/mol. The molecule has 4 heteroatoms. The van der Waals surface area contributed by atoms with Crippen molar-refractivity contribution < 1.29 is 14.6 Å². The van der Waals surface area contributed by atoms with Crippen molar-refractivity contribution in [3.8, 4) is 5.75 Å². The Bertz CT molecular complexity index is 377. The minimum Gasteiger partial charge on any atom is -0.492 e. The van der Waals surface area contributed by atoms with Gasteiger partial charge in [0.25, 0.3) is 0 Å². The molecule has 0 saturated carbocycles. The van der Waals surface area contributed by atoms with Gasteiger partial charge in [-0.3, -0.25) is 0 Å². The van der Waals surface area contributed by atoms with Crippen LogP contribution in [0, 0.1) is 0 Å². The van der Waals surface area contributed by atoms with Crippen LogP contribution in [-0.4, -0.2) is 30.8 Å². The lowest BCUT2D eigenvalue weighted by Crippen LogP contribution is -2.21. The fourth-order valence-corrected chi connectivity index (χ4v) is 1.29. The van der Waals surface area contributed by atoms with Crippen molar-refractivity contribution in [1.29, 1.82) is 0 Å². The highest BCUT2D eigenvalue weighted by atomic mass is 16.5. The maximum absolute atomic E-state index is 10.7. The lowest BCUT2D eigenvalue weighted by atomic mass is 10.2. The first-order valence-electron chi connectivity index (χ1n) is 5.52. The Morgan fingerprint density at radius 1 is 1.47 bits per heavy atom. The number of rotatable bonds is 8. The Hall–Kier alpha value is -1.81. The van der Waals surface area contributed by atoms with E-state index in [0.717, 1.165) is 19.5 Å². The van der Waals surface area contributed by atoms with Crippen LogP contribution >= 0.6 is 0 Å². The maximum atomic E-state index is 10.7. The summed E-state index contributed by atoms with van der Waals surface area (Å²) in [6.45, 7) is 5.74. The molecule has 0 fully saturated rings. The minimum absolute atomic E-state index is 0.238. The van der Waals surface area contributed by atoms with Gasteiger partial charge in [-0.05, 0) is 31.2 Å². The third kappa shape index (κ3) is 5.17. The number of hydrogen-bond acceptors (Lipinski definition) is 3. The quantitative estimate of drug-likeness (QED) is 0.534. The summed E-state index contributed by atoms with van der Waals surface area (Å²) in [7, 11) is 0. The van der Waals surface area contributed by atoms with Gasteiger partial charge in [-0.2, -0.15) is 0 Å². The van der Waals surface area contributed by atoms with Crippen LogP contribution in [0.5, 0.6) is 5.75 Å². The van der Waals surface area contributed by atoms with Crippen LogP contribution in [0.15, 0.2) is 36.9 Å². The van der Waals surface area contributed by atoms with Gasteiger partial charge in [0.2, 0.25) is 0 Å². The van der Waals surface area contributed by atoms with Gasteiger partial charge in [0.15, 0.2) is 0 Å². The topological polar surface area (TPSA) is 58.6 Å². The second-order valence-electron chi connectivity index (χ2n) is 3.51. The molecule has 0 aliphatic carbocycles. The number of carboxylic acids is 1. The first-order valence-corrected chi connectivity index (χ1v) is 5.52. The van der Waals surface area contributed by atoms with Gasteiger partial charge in [0, 0.05) is 6.54 Å². The summed E-state index contributed by atoms with van der Waals surface area (Å²) < 4.78 is 5.43. The Labute approximate surface area is 101 Å². The molecule has 1 rings (SSSR count). The number of carbonyl (C=O) groups is 1. The van der Waals surface area contributed by atoms with Gasteiger partial charge < -0.3 is 15.2 Å². The van der Waals surface area contributed by atoms with Crippen molar-refractivity contribution in [1.82, 2.24) is 5.32 Å². The van der Waals surface area contributed by atoms with Crippen LogP contribution in [0.25, 0.3) is 0 Å². The first-order chi connectivity index (χ1) is 8.24. The van der Waals surface area contributed by atoms with E-state index < -0.39 is 5.97 Å². The second kappa shape index (κ2) is 7.46. The number of aromatic carboxylic acids is 1. The molecule has 1 aromatic carbocycles. The van der Waals surface area contributed by atoms with Crippen LogP contribution in [0.3, 0.4) is 0 Å². The van der Waals surface area contributed by atoms with E-state index >= 15 is 0 Å². The fraction of sp³-hybridized carbons (Fsp3) is 0.308. The van der Waals surface area contributed by atoms with Crippen molar-refractivity contribution >= 4 is 5.97 Å². The van der Waals surface area contributed by atoms with Crippen molar-refractivity contribution in [3.05, 3.63) is 42.5 Å². The molecule has 0 amide bonds. The first kappa shape index (κ1) is 13.3. The number of hydrogen-bond donors (Lipinski definition) is 2. The van der Waals surface area contributed by atoms with Crippen molar-refractivity contribution in [2.75, 3.05) is 19.7 Å². The van der Waals surface area contributed by atoms with Gasteiger partial charge in [-0.25, -0.2) is 4.79 Å². The molecule has 0 bridgehead atoms. The molecule has 0 heterocycles. The molecule has 0 aliphatic heterocycles. The smallest absolute Gasteiger partial charge is 0.335 e. The van der Waals surface area contributed by atoms with Crippen molar-refractivity contribution in [2.24, 2.45) is 0 Å². The third-order valence-electron chi connectivity index (χ3n) is 2.15. The molecule has 0 radical (unpaired) electrons.